The first kappa shape index (κ1) is 35.1. The highest BCUT2D eigenvalue weighted by molar-refractivity contribution is 6.07. The number of carbonyl (C=O) groups excluding carboxylic acids is 1. The lowest BCUT2D eigenvalue weighted by Gasteiger charge is -2.28. The molecule has 61 heavy (non-hydrogen) atoms. The van der Waals surface area contributed by atoms with Crippen LogP contribution in [0.4, 0.5) is 11.4 Å². The molecule has 0 radical (unpaired) electrons. The van der Waals surface area contributed by atoms with Gasteiger partial charge in [0.15, 0.2) is 6.29 Å². The van der Waals surface area contributed by atoms with Crippen LogP contribution in [0.3, 0.4) is 0 Å². The minimum absolute atomic E-state index is 0.0432. The zero-order chi connectivity index (χ0) is 40.8. The van der Waals surface area contributed by atoms with Crippen molar-refractivity contribution in [1.29, 1.82) is 0 Å². The Bertz CT molecular complexity index is 3590. The standard InChI is InChI=1S/C52H36N8O/c1-28-39(17-30-16-33-7-6-32-13-14-43(27-61)60-50(32)47(33)54-23-30)18-37-11-9-36-21-42(26-57-49(36)51(37)58-28)44-22-38-12-10-35-20-41(25-56-48(35)52(38)59-29(44)2)40-19-34-8-5-31-4-3-15-53-45(31)46(34)55-24-40/h3-16,18-29,58-59H,17H2,1-2H3. The molecule has 2 aliphatic rings. The number of rotatable bonds is 5. The van der Waals surface area contributed by atoms with Crippen molar-refractivity contribution in [2.24, 2.45) is 0 Å². The van der Waals surface area contributed by atoms with Gasteiger partial charge in [0.1, 0.15) is 5.69 Å². The van der Waals surface area contributed by atoms with Crippen LogP contribution in [0.5, 0.6) is 0 Å². The second kappa shape index (κ2) is 13.6. The number of nitrogens with one attached hydrogen (secondary N) is 2. The highest BCUT2D eigenvalue weighted by Gasteiger charge is 2.24. The van der Waals surface area contributed by atoms with E-state index in [1.165, 1.54) is 11.1 Å². The quantitative estimate of drug-likeness (QED) is 0.130. The molecule has 290 valence electrons. The van der Waals surface area contributed by atoms with Crippen LogP contribution in [0, 0.1) is 0 Å². The van der Waals surface area contributed by atoms with Gasteiger partial charge < -0.3 is 10.6 Å². The predicted octanol–water partition coefficient (Wildman–Crippen LogP) is 11.2. The molecule has 9 nitrogen and oxygen atoms in total. The summed E-state index contributed by atoms with van der Waals surface area (Å²) in [4.78, 5) is 40.2. The van der Waals surface area contributed by atoms with Gasteiger partial charge in [-0.25, -0.2) is 4.98 Å². The maximum absolute atomic E-state index is 11.4. The molecule has 6 aromatic heterocycles. The van der Waals surface area contributed by atoms with E-state index in [0.29, 0.717) is 5.69 Å². The Hall–Kier alpha value is -7.91. The van der Waals surface area contributed by atoms with Crippen molar-refractivity contribution in [3.63, 3.8) is 0 Å². The highest BCUT2D eigenvalue weighted by Crippen LogP contribution is 2.40. The Balaban J connectivity index is 0.823. The van der Waals surface area contributed by atoms with Crippen LogP contribution in [0.1, 0.15) is 46.6 Å². The van der Waals surface area contributed by atoms with E-state index in [0.717, 1.165) is 123 Å². The lowest BCUT2D eigenvalue weighted by atomic mass is 9.90. The lowest BCUT2D eigenvalue weighted by molar-refractivity contribution is 0.111. The molecule has 2 atom stereocenters. The molecule has 2 aliphatic heterocycles. The van der Waals surface area contributed by atoms with Crippen LogP contribution in [0.2, 0.25) is 0 Å². The molecule has 0 saturated carbocycles. The summed E-state index contributed by atoms with van der Waals surface area (Å²) in [7, 11) is 0. The second-order valence-electron chi connectivity index (χ2n) is 16.2. The summed E-state index contributed by atoms with van der Waals surface area (Å²) in [6, 6.07) is 33.6. The number of carbonyl (C=O) groups is 1. The van der Waals surface area contributed by atoms with Crippen molar-refractivity contribution in [2.45, 2.75) is 32.4 Å². The average Bonchev–Trinajstić information content (AvgIpc) is 3.30. The van der Waals surface area contributed by atoms with Crippen molar-refractivity contribution < 1.29 is 4.79 Å². The first-order valence-electron chi connectivity index (χ1n) is 20.5. The fourth-order valence-electron chi connectivity index (χ4n) is 9.19. The smallest absolute Gasteiger partial charge is 0.168 e. The molecule has 0 spiro atoms. The zero-order valence-electron chi connectivity index (χ0n) is 33.3. The normalized spacial score (nSPS) is 16.0. The molecule has 0 fully saturated rings. The second-order valence-corrected chi connectivity index (χ2v) is 16.2. The van der Waals surface area contributed by atoms with E-state index in [1.807, 2.05) is 49.2 Å². The molecular formula is C52H36N8O. The molecule has 4 aromatic carbocycles. The van der Waals surface area contributed by atoms with Crippen LogP contribution in [-0.4, -0.2) is 48.3 Å². The fourth-order valence-corrected chi connectivity index (χ4v) is 9.19. The Morgan fingerprint density at radius 2 is 1.07 bits per heavy atom. The van der Waals surface area contributed by atoms with Gasteiger partial charge in [-0.05, 0) is 90.6 Å². The minimum Gasteiger partial charge on any atom is -0.377 e. The third kappa shape index (κ3) is 5.80. The van der Waals surface area contributed by atoms with E-state index in [1.54, 1.807) is 6.07 Å². The van der Waals surface area contributed by atoms with Crippen LogP contribution in [-0.2, 0) is 6.42 Å². The average molecular weight is 789 g/mol. The van der Waals surface area contributed by atoms with E-state index in [9.17, 15) is 4.79 Å². The lowest BCUT2D eigenvalue weighted by Crippen LogP contribution is -2.23. The summed E-state index contributed by atoms with van der Waals surface area (Å²) >= 11 is 0. The van der Waals surface area contributed by atoms with Gasteiger partial charge in [-0.3, -0.25) is 29.7 Å². The monoisotopic (exact) mass is 788 g/mol. The summed E-state index contributed by atoms with van der Waals surface area (Å²) in [6.45, 7) is 4.40. The van der Waals surface area contributed by atoms with Crippen molar-refractivity contribution in [3.8, 4) is 11.1 Å². The van der Waals surface area contributed by atoms with E-state index in [4.69, 9.17) is 19.9 Å². The number of anilines is 2. The van der Waals surface area contributed by atoms with Crippen molar-refractivity contribution in [3.05, 3.63) is 162 Å². The largest absolute Gasteiger partial charge is 0.377 e. The molecule has 0 aliphatic carbocycles. The number of hydrogen-bond donors (Lipinski definition) is 2. The van der Waals surface area contributed by atoms with Crippen LogP contribution < -0.4 is 10.6 Å². The van der Waals surface area contributed by atoms with Crippen LogP contribution >= 0.6 is 0 Å². The van der Waals surface area contributed by atoms with Gasteiger partial charge in [0.05, 0.1) is 44.5 Å². The minimum atomic E-state index is 0.0432. The maximum Gasteiger partial charge on any atom is 0.168 e. The number of benzene rings is 4. The van der Waals surface area contributed by atoms with E-state index < -0.39 is 0 Å². The van der Waals surface area contributed by atoms with E-state index in [2.05, 4.69) is 119 Å². The summed E-state index contributed by atoms with van der Waals surface area (Å²) in [5, 5.41) is 13.8. The number of fused-ring (bicyclic) bond motifs is 12. The molecule has 0 saturated heterocycles. The van der Waals surface area contributed by atoms with Crippen molar-refractivity contribution in [2.75, 3.05) is 10.6 Å². The Morgan fingerprint density at radius 1 is 0.525 bits per heavy atom. The fraction of sp³-hybridized carbons (Fsp3) is 0.0962. The molecule has 10 aromatic rings. The summed E-state index contributed by atoms with van der Waals surface area (Å²) in [6.07, 6.45) is 15.7. The van der Waals surface area contributed by atoms with Crippen LogP contribution in [0.25, 0.3) is 94.3 Å². The van der Waals surface area contributed by atoms with Gasteiger partial charge >= 0.3 is 0 Å². The summed E-state index contributed by atoms with van der Waals surface area (Å²) < 4.78 is 0. The third-order valence-corrected chi connectivity index (χ3v) is 12.4. The third-order valence-electron chi connectivity index (χ3n) is 12.4. The van der Waals surface area contributed by atoms with E-state index in [-0.39, 0.29) is 12.1 Å². The molecule has 0 bridgehead atoms. The van der Waals surface area contributed by atoms with Gasteiger partial charge in [0.2, 0.25) is 0 Å². The number of aromatic nitrogens is 6. The topological polar surface area (TPSA) is 118 Å². The van der Waals surface area contributed by atoms with Crippen molar-refractivity contribution in [1.82, 2.24) is 29.9 Å². The number of aldehydes is 1. The Labute approximate surface area is 350 Å². The number of nitrogens with zero attached hydrogens (tertiary/aromatic N) is 6. The molecule has 0 amide bonds. The zero-order valence-corrected chi connectivity index (χ0v) is 33.3. The van der Waals surface area contributed by atoms with Gasteiger partial charge in [0, 0.05) is 92.1 Å². The summed E-state index contributed by atoms with van der Waals surface area (Å²) in [5.41, 5.74) is 16.7. The highest BCUT2D eigenvalue weighted by atomic mass is 16.1. The predicted molar refractivity (Wildman–Crippen MR) is 248 cm³/mol. The molecule has 2 N–H and O–H groups in total. The number of hydrogen-bond acceptors (Lipinski definition) is 9. The molecule has 8 heterocycles. The van der Waals surface area contributed by atoms with Crippen LogP contribution in [0.15, 0.2) is 134 Å². The number of pyridine rings is 6. The molecule has 12 rings (SSSR count). The Morgan fingerprint density at radius 3 is 1.82 bits per heavy atom. The first-order chi connectivity index (χ1) is 29.9. The maximum atomic E-state index is 11.4. The van der Waals surface area contributed by atoms with Gasteiger partial charge in [-0.1, -0.05) is 66.7 Å². The first-order valence-corrected chi connectivity index (χ1v) is 20.5. The SMILES string of the molecule is CC1Nc2c(ccc3cc(C4=Cc5ccc6cc(-c7cnc8c(ccc9cccnc98)c7)cnc6c5NC4C)cnc23)C=C1Cc1cnc2c(ccc3ccc(C=O)nc32)c1. The van der Waals surface area contributed by atoms with Gasteiger partial charge in [-0.15, -0.1) is 0 Å². The molecule has 9 heteroatoms. The Kier molecular flexibility index (Phi) is 7.80. The molecular weight excluding hydrogens is 753 g/mol. The van der Waals surface area contributed by atoms with Gasteiger partial charge in [0.25, 0.3) is 0 Å². The van der Waals surface area contributed by atoms with Crippen molar-refractivity contribution >= 4 is 101 Å². The molecule has 2 unspecified atom stereocenters. The van der Waals surface area contributed by atoms with Gasteiger partial charge in [-0.2, -0.15) is 0 Å². The van der Waals surface area contributed by atoms with E-state index >= 15 is 0 Å². The summed E-state index contributed by atoms with van der Waals surface area (Å²) in [5.74, 6) is 0.